The van der Waals surface area contributed by atoms with E-state index in [4.69, 9.17) is 27.0 Å². The first-order valence-electron chi connectivity index (χ1n) is 3.89. The van der Waals surface area contributed by atoms with Crippen molar-refractivity contribution in [3.8, 4) is 0 Å². The largest absolute Gasteiger partial charge is 0.451 e. The number of amidine groups is 1. The number of oxime groups is 1. The summed E-state index contributed by atoms with van der Waals surface area (Å²) in [4.78, 5) is 0. The Morgan fingerprint density at radius 3 is 2.79 bits per heavy atom. The first-order chi connectivity index (χ1) is 6.74. The molecular formula is C9H7ClN2O2. The monoisotopic (exact) mass is 210 g/mol. The molecular weight excluding hydrogens is 204 g/mol. The van der Waals surface area contributed by atoms with Crippen molar-refractivity contribution < 1.29 is 9.62 Å². The van der Waals surface area contributed by atoms with E-state index in [0.717, 1.165) is 5.39 Å². The van der Waals surface area contributed by atoms with Crippen molar-refractivity contribution in [3.63, 3.8) is 0 Å². The summed E-state index contributed by atoms with van der Waals surface area (Å²) in [5.41, 5.74) is 5.99. The molecule has 0 radical (unpaired) electrons. The summed E-state index contributed by atoms with van der Waals surface area (Å²) in [6, 6.07) is 7.21. The van der Waals surface area contributed by atoms with Gasteiger partial charge in [0.05, 0.1) is 5.02 Å². The van der Waals surface area contributed by atoms with E-state index in [2.05, 4.69) is 5.16 Å². The van der Waals surface area contributed by atoms with Gasteiger partial charge in [-0.3, -0.25) is 0 Å². The highest BCUT2D eigenvalue weighted by molar-refractivity contribution is 6.38. The zero-order valence-electron chi connectivity index (χ0n) is 7.07. The minimum Gasteiger partial charge on any atom is -0.451 e. The molecule has 0 saturated carbocycles. The fourth-order valence-electron chi connectivity index (χ4n) is 1.22. The Balaban J connectivity index is 2.75. The third-order valence-electron chi connectivity index (χ3n) is 1.88. The average molecular weight is 211 g/mol. The van der Waals surface area contributed by atoms with E-state index in [1.54, 1.807) is 12.1 Å². The molecule has 0 bridgehead atoms. The molecule has 0 aliphatic heterocycles. The van der Waals surface area contributed by atoms with Crippen LogP contribution in [-0.4, -0.2) is 11.0 Å². The maximum Gasteiger partial charge on any atom is 0.207 e. The van der Waals surface area contributed by atoms with Crippen molar-refractivity contribution in [1.29, 1.82) is 0 Å². The highest BCUT2D eigenvalue weighted by atomic mass is 35.5. The Morgan fingerprint density at radius 1 is 1.43 bits per heavy atom. The molecule has 0 unspecified atom stereocenters. The first-order valence-corrected chi connectivity index (χ1v) is 4.26. The van der Waals surface area contributed by atoms with E-state index in [9.17, 15) is 0 Å². The van der Waals surface area contributed by atoms with E-state index >= 15 is 0 Å². The fourth-order valence-corrected chi connectivity index (χ4v) is 1.52. The minimum absolute atomic E-state index is 0.133. The number of nitrogens with zero attached hydrogens (tertiary/aromatic N) is 1. The zero-order chi connectivity index (χ0) is 10.1. The van der Waals surface area contributed by atoms with Crippen LogP contribution < -0.4 is 5.73 Å². The summed E-state index contributed by atoms with van der Waals surface area (Å²) in [6.07, 6.45) is 0. The lowest BCUT2D eigenvalue weighted by atomic mass is 10.2. The SMILES string of the molecule is N/C(=N/O)c1oc2ccccc2c1Cl. The Kier molecular flexibility index (Phi) is 2.05. The molecule has 0 aliphatic rings. The molecule has 1 aromatic carbocycles. The van der Waals surface area contributed by atoms with Crippen molar-refractivity contribution >= 4 is 28.4 Å². The van der Waals surface area contributed by atoms with Gasteiger partial charge in [0.1, 0.15) is 5.58 Å². The normalized spacial score (nSPS) is 12.2. The van der Waals surface area contributed by atoms with E-state index in [-0.39, 0.29) is 11.6 Å². The number of hydrogen-bond donors (Lipinski definition) is 2. The zero-order valence-corrected chi connectivity index (χ0v) is 7.82. The van der Waals surface area contributed by atoms with Gasteiger partial charge in [0.15, 0.2) is 5.76 Å². The maximum atomic E-state index is 8.48. The summed E-state index contributed by atoms with van der Waals surface area (Å²) in [7, 11) is 0. The van der Waals surface area contributed by atoms with Gasteiger partial charge in [0, 0.05) is 5.39 Å². The molecule has 0 atom stereocenters. The van der Waals surface area contributed by atoms with Crippen molar-refractivity contribution in [2.24, 2.45) is 10.9 Å². The molecule has 0 spiro atoms. The third-order valence-corrected chi connectivity index (χ3v) is 2.25. The van der Waals surface area contributed by atoms with Crippen molar-refractivity contribution in [2.45, 2.75) is 0 Å². The molecule has 1 heterocycles. The van der Waals surface area contributed by atoms with Crippen LogP contribution in [0.15, 0.2) is 33.8 Å². The molecule has 0 amide bonds. The van der Waals surface area contributed by atoms with Gasteiger partial charge in [0.2, 0.25) is 5.84 Å². The van der Waals surface area contributed by atoms with Crippen molar-refractivity contribution in [3.05, 3.63) is 35.0 Å². The van der Waals surface area contributed by atoms with E-state index < -0.39 is 0 Å². The maximum absolute atomic E-state index is 8.48. The number of furan rings is 1. The van der Waals surface area contributed by atoms with Gasteiger partial charge in [-0.1, -0.05) is 28.9 Å². The van der Waals surface area contributed by atoms with Crippen LogP contribution in [0.2, 0.25) is 5.02 Å². The Bertz CT molecular complexity index is 504. The highest BCUT2D eigenvalue weighted by Gasteiger charge is 2.14. The quantitative estimate of drug-likeness (QED) is 0.328. The van der Waals surface area contributed by atoms with Gasteiger partial charge >= 0.3 is 0 Å². The topological polar surface area (TPSA) is 71.8 Å². The third kappa shape index (κ3) is 1.20. The Morgan fingerprint density at radius 2 is 2.14 bits per heavy atom. The molecule has 1 aromatic heterocycles. The summed E-state index contributed by atoms with van der Waals surface area (Å²) < 4.78 is 5.30. The van der Waals surface area contributed by atoms with E-state index in [1.165, 1.54) is 0 Å². The second kappa shape index (κ2) is 3.23. The lowest BCUT2D eigenvalue weighted by molar-refractivity contribution is 0.317. The molecule has 0 saturated heterocycles. The lowest BCUT2D eigenvalue weighted by Crippen LogP contribution is -2.12. The predicted molar refractivity (Wildman–Crippen MR) is 53.7 cm³/mol. The second-order valence-corrected chi connectivity index (χ2v) is 3.10. The smallest absolute Gasteiger partial charge is 0.207 e. The molecule has 0 fully saturated rings. The van der Waals surface area contributed by atoms with Crippen molar-refractivity contribution in [1.82, 2.24) is 0 Å². The minimum atomic E-state index is -0.133. The van der Waals surface area contributed by atoms with E-state index in [0.29, 0.717) is 10.6 Å². The van der Waals surface area contributed by atoms with Gasteiger partial charge in [-0.05, 0) is 12.1 Å². The van der Waals surface area contributed by atoms with Gasteiger partial charge in [-0.25, -0.2) is 0 Å². The van der Waals surface area contributed by atoms with Gasteiger partial charge < -0.3 is 15.4 Å². The van der Waals surface area contributed by atoms with Crippen LogP contribution in [0.5, 0.6) is 0 Å². The van der Waals surface area contributed by atoms with Crippen LogP contribution in [0, 0.1) is 0 Å². The van der Waals surface area contributed by atoms with Crippen LogP contribution in [0.1, 0.15) is 5.76 Å². The molecule has 2 rings (SSSR count). The van der Waals surface area contributed by atoms with Crippen LogP contribution in [0.4, 0.5) is 0 Å². The first kappa shape index (κ1) is 8.90. The Labute approximate surface area is 84.6 Å². The summed E-state index contributed by atoms with van der Waals surface area (Å²) in [6.45, 7) is 0. The van der Waals surface area contributed by atoms with Gasteiger partial charge in [0.25, 0.3) is 0 Å². The summed E-state index contributed by atoms with van der Waals surface area (Å²) in [5, 5.41) is 12.4. The molecule has 5 heteroatoms. The fraction of sp³-hybridized carbons (Fsp3) is 0. The van der Waals surface area contributed by atoms with Crippen LogP contribution in [-0.2, 0) is 0 Å². The number of fused-ring (bicyclic) bond motifs is 1. The number of halogens is 1. The summed E-state index contributed by atoms with van der Waals surface area (Å²) >= 11 is 5.97. The highest BCUT2D eigenvalue weighted by Crippen LogP contribution is 2.29. The van der Waals surface area contributed by atoms with Crippen LogP contribution >= 0.6 is 11.6 Å². The van der Waals surface area contributed by atoms with Crippen LogP contribution in [0.25, 0.3) is 11.0 Å². The van der Waals surface area contributed by atoms with Crippen molar-refractivity contribution in [2.75, 3.05) is 0 Å². The number of para-hydroxylation sites is 1. The number of nitrogens with two attached hydrogens (primary N) is 1. The number of benzene rings is 1. The lowest BCUT2D eigenvalue weighted by Gasteiger charge is -1.91. The van der Waals surface area contributed by atoms with Gasteiger partial charge in [-0.15, -0.1) is 0 Å². The standard InChI is InChI=1S/C9H7ClN2O2/c10-7-5-3-1-2-4-6(5)14-8(7)9(11)12-13/h1-4,13H,(H2,11,12). The predicted octanol–water partition coefficient (Wildman–Crippen LogP) is 2.18. The number of hydrogen-bond acceptors (Lipinski definition) is 3. The van der Waals surface area contributed by atoms with Gasteiger partial charge in [-0.2, -0.15) is 0 Å². The van der Waals surface area contributed by atoms with E-state index in [1.807, 2.05) is 12.1 Å². The number of rotatable bonds is 1. The second-order valence-electron chi connectivity index (χ2n) is 2.73. The molecule has 4 nitrogen and oxygen atoms in total. The molecule has 3 N–H and O–H groups in total. The molecule has 2 aromatic rings. The average Bonchev–Trinajstić information content (AvgIpc) is 2.56. The molecule has 72 valence electrons. The Hall–Kier alpha value is -1.68. The molecule has 14 heavy (non-hydrogen) atoms. The summed E-state index contributed by atoms with van der Waals surface area (Å²) in [5.74, 6) is 0.0570. The molecule has 0 aliphatic carbocycles. The van der Waals surface area contributed by atoms with Crippen LogP contribution in [0.3, 0.4) is 0 Å².